The lowest BCUT2D eigenvalue weighted by atomic mass is 9.77. The molecule has 1 aromatic rings. The highest BCUT2D eigenvalue weighted by Gasteiger charge is 2.38. The Kier molecular flexibility index (Phi) is 3.76. The van der Waals surface area contributed by atoms with Crippen LogP contribution in [0.15, 0.2) is 6.07 Å². The van der Waals surface area contributed by atoms with Crippen molar-refractivity contribution in [2.75, 3.05) is 18.0 Å². The van der Waals surface area contributed by atoms with Crippen molar-refractivity contribution in [3.8, 4) is 0 Å². The smallest absolute Gasteiger partial charge is 0.356 e. The molecule has 2 heterocycles. The van der Waals surface area contributed by atoms with E-state index in [1.165, 1.54) is 25.7 Å². The highest BCUT2D eigenvalue weighted by Crippen LogP contribution is 2.46. The van der Waals surface area contributed by atoms with Crippen LogP contribution in [-0.2, 0) is 6.18 Å². The summed E-state index contributed by atoms with van der Waals surface area (Å²) in [5.41, 5.74) is -0.557. The lowest BCUT2D eigenvalue weighted by Gasteiger charge is -2.40. The molecule has 3 rings (SSSR count). The summed E-state index contributed by atoms with van der Waals surface area (Å²) >= 11 is 5.65. The maximum absolute atomic E-state index is 12.8. The van der Waals surface area contributed by atoms with Gasteiger partial charge in [0.05, 0.1) is 0 Å². The molecule has 0 radical (unpaired) electrons. The molecule has 0 atom stereocenters. The van der Waals surface area contributed by atoms with E-state index in [1.807, 2.05) is 4.90 Å². The molecule has 0 N–H and O–H groups in total. The van der Waals surface area contributed by atoms with Crippen molar-refractivity contribution < 1.29 is 13.2 Å². The molecule has 1 saturated heterocycles. The highest BCUT2D eigenvalue weighted by atomic mass is 35.5. The first kappa shape index (κ1) is 14.9. The van der Waals surface area contributed by atoms with Gasteiger partial charge in [-0.15, -0.1) is 0 Å². The Hall–Kier alpha value is -1.04. The van der Waals surface area contributed by atoms with Crippen molar-refractivity contribution in [3.63, 3.8) is 0 Å². The second kappa shape index (κ2) is 5.30. The van der Waals surface area contributed by atoms with Crippen LogP contribution in [0.4, 0.5) is 19.0 Å². The van der Waals surface area contributed by atoms with Crippen LogP contribution in [0, 0.1) is 5.41 Å². The highest BCUT2D eigenvalue weighted by molar-refractivity contribution is 6.28. The van der Waals surface area contributed by atoms with Crippen LogP contribution in [0.1, 0.15) is 44.2 Å². The zero-order valence-electron chi connectivity index (χ0n) is 11.6. The fourth-order valence-electron chi connectivity index (χ4n) is 3.55. The first-order valence-corrected chi connectivity index (χ1v) is 7.63. The summed E-state index contributed by atoms with van der Waals surface area (Å²) < 4.78 is 38.4. The molecule has 3 nitrogen and oxygen atoms in total. The van der Waals surface area contributed by atoms with E-state index in [0.29, 0.717) is 5.41 Å². The number of piperidine rings is 1. The molecule has 0 unspecified atom stereocenters. The lowest BCUT2D eigenvalue weighted by Crippen LogP contribution is -2.39. The second-order valence-electron chi connectivity index (χ2n) is 6.07. The van der Waals surface area contributed by atoms with Crippen molar-refractivity contribution in [1.29, 1.82) is 0 Å². The number of alkyl halides is 3. The van der Waals surface area contributed by atoms with E-state index >= 15 is 0 Å². The molecule has 0 bridgehead atoms. The van der Waals surface area contributed by atoms with E-state index in [0.717, 1.165) is 32.0 Å². The largest absolute Gasteiger partial charge is 0.433 e. The van der Waals surface area contributed by atoms with E-state index in [4.69, 9.17) is 11.6 Å². The number of anilines is 1. The predicted molar refractivity (Wildman–Crippen MR) is 74.4 cm³/mol. The summed E-state index contributed by atoms with van der Waals surface area (Å²) in [7, 11) is 0. The van der Waals surface area contributed by atoms with Gasteiger partial charge in [-0.3, -0.25) is 0 Å². The Labute approximate surface area is 126 Å². The van der Waals surface area contributed by atoms with Crippen LogP contribution in [0.3, 0.4) is 0 Å². The summed E-state index contributed by atoms with van der Waals surface area (Å²) in [6, 6.07) is 0.999. The van der Waals surface area contributed by atoms with Gasteiger partial charge in [-0.1, -0.05) is 12.8 Å². The molecular formula is C14H17ClF3N3. The monoisotopic (exact) mass is 319 g/mol. The Balaban J connectivity index is 1.77. The van der Waals surface area contributed by atoms with Crippen molar-refractivity contribution >= 4 is 17.4 Å². The van der Waals surface area contributed by atoms with Gasteiger partial charge in [0, 0.05) is 19.2 Å². The van der Waals surface area contributed by atoms with Crippen LogP contribution in [0.25, 0.3) is 0 Å². The van der Waals surface area contributed by atoms with Gasteiger partial charge in [0.2, 0.25) is 5.28 Å². The van der Waals surface area contributed by atoms with E-state index in [-0.39, 0.29) is 11.1 Å². The van der Waals surface area contributed by atoms with E-state index in [2.05, 4.69) is 9.97 Å². The molecule has 1 spiro atoms. The van der Waals surface area contributed by atoms with Gasteiger partial charge < -0.3 is 4.90 Å². The Morgan fingerprint density at radius 1 is 1.05 bits per heavy atom. The Morgan fingerprint density at radius 2 is 1.67 bits per heavy atom. The predicted octanol–water partition coefficient (Wildman–Crippen LogP) is 4.31. The normalized spacial score (nSPS) is 22.0. The third-order valence-electron chi connectivity index (χ3n) is 4.79. The van der Waals surface area contributed by atoms with Crippen molar-refractivity contribution in [2.45, 2.75) is 44.7 Å². The van der Waals surface area contributed by atoms with Gasteiger partial charge in [0.25, 0.3) is 0 Å². The van der Waals surface area contributed by atoms with Gasteiger partial charge in [-0.05, 0) is 42.7 Å². The van der Waals surface area contributed by atoms with Gasteiger partial charge in [-0.2, -0.15) is 13.2 Å². The summed E-state index contributed by atoms with van der Waals surface area (Å²) in [5.74, 6) is 0.287. The maximum Gasteiger partial charge on any atom is 0.433 e. The van der Waals surface area contributed by atoms with Crippen LogP contribution < -0.4 is 4.90 Å². The quantitative estimate of drug-likeness (QED) is 0.722. The molecule has 0 aromatic carbocycles. The minimum absolute atomic E-state index is 0.287. The number of hydrogen-bond acceptors (Lipinski definition) is 3. The second-order valence-corrected chi connectivity index (χ2v) is 6.41. The molecule has 1 saturated carbocycles. The topological polar surface area (TPSA) is 29.0 Å². The van der Waals surface area contributed by atoms with E-state index < -0.39 is 11.9 Å². The molecule has 1 aliphatic heterocycles. The molecule has 21 heavy (non-hydrogen) atoms. The molecular weight excluding hydrogens is 303 g/mol. The van der Waals surface area contributed by atoms with Crippen molar-refractivity contribution in [1.82, 2.24) is 9.97 Å². The van der Waals surface area contributed by atoms with Crippen LogP contribution >= 0.6 is 11.6 Å². The Morgan fingerprint density at radius 3 is 2.24 bits per heavy atom. The number of aromatic nitrogens is 2. The van der Waals surface area contributed by atoms with E-state index in [9.17, 15) is 13.2 Å². The summed E-state index contributed by atoms with van der Waals surface area (Å²) in [6.07, 6.45) is 2.60. The molecule has 2 fully saturated rings. The fourth-order valence-corrected chi connectivity index (χ4v) is 3.73. The molecule has 7 heteroatoms. The molecule has 1 aliphatic carbocycles. The van der Waals surface area contributed by atoms with Crippen LogP contribution in [0.5, 0.6) is 0 Å². The molecule has 1 aromatic heterocycles. The minimum atomic E-state index is -4.50. The lowest BCUT2D eigenvalue weighted by molar-refractivity contribution is -0.141. The van der Waals surface area contributed by atoms with Gasteiger partial charge >= 0.3 is 6.18 Å². The average Bonchev–Trinajstić information content (AvgIpc) is 2.86. The number of hydrogen-bond donors (Lipinski definition) is 0. The number of rotatable bonds is 1. The van der Waals surface area contributed by atoms with Crippen LogP contribution in [-0.4, -0.2) is 23.1 Å². The van der Waals surface area contributed by atoms with Crippen molar-refractivity contribution in [2.24, 2.45) is 5.41 Å². The number of halogens is 4. The third-order valence-corrected chi connectivity index (χ3v) is 4.96. The van der Waals surface area contributed by atoms with Crippen LogP contribution in [0.2, 0.25) is 5.28 Å². The molecule has 116 valence electrons. The third kappa shape index (κ3) is 3.10. The molecule has 2 aliphatic rings. The number of nitrogens with zero attached hydrogens (tertiary/aromatic N) is 3. The summed E-state index contributed by atoms with van der Waals surface area (Å²) in [6.45, 7) is 1.48. The standard InChI is InChI=1S/C14H17ClF3N3/c15-12-19-10(14(16,17)18)9-11(20-12)21-7-5-13(6-8-21)3-1-2-4-13/h9H,1-8H2. The van der Waals surface area contributed by atoms with Gasteiger partial charge in [0.15, 0.2) is 5.69 Å². The Bertz CT molecular complexity index is 517. The van der Waals surface area contributed by atoms with E-state index in [1.54, 1.807) is 0 Å². The maximum atomic E-state index is 12.8. The zero-order chi connectivity index (χ0) is 15.1. The molecule has 0 amide bonds. The van der Waals surface area contributed by atoms with Gasteiger partial charge in [0.1, 0.15) is 5.82 Å². The first-order valence-electron chi connectivity index (χ1n) is 7.25. The average molecular weight is 320 g/mol. The zero-order valence-corrected chi connectivity index (χ0v) is 12.3. The minimum Gasteiger partial charge on any atom is -0.356 e. The van der Waals surface area contributed by atoms with Crippen molar-refractivity contribution in [3.05, 3.63) is 17.0 Å². The summed E-state index contributed by atoms with van der Waals surface area (Å²) in [5, 5.41) is -0.346. The SMILES string of the molecule is FC(F)(F)c1cc(N2CCC3(CCCC3)CC2)nc(Cl)n1. The fraction of sp³-hybridized carbons (Fsp3) is 0.714. The first-order chi connectivity index (χ1) is 9.88. The van der Waals surface area contributed by atoms with Gasteiger partial charge in [-0.25, -0.2) is 9.97 Å². The summed E-state index contributed by atoms with van der Waals surface area (Å²) in [4.78, 5) is 9.14.